The number of likely N-dealkylation sites (N-methyl/N-ethyl adjacent to an activating group) is 1. The van der Waals surface area contributed by atoms with Crippen molar-refractivity contribution in [2.45, 2.75) is 70.6 Å². The van der Waals surface area contributed by atoms with E-state index in [2.05, 4.69) is 52.0 Å². The number of nitrogens with zero attached hydrogens (tertiary/aromatic N) is 4. The lowest BCUT2D eigenvalue weighted by atomic mass is 9.87. The monoisotopic (exact) mass is 1020 g/mol. The van der Waals surface area contributed by atoms with Gasteiger partial charge in [0, 0.05) is 43.0 Å². The Hall–Kier alpha value is -5.78. The minimum atomic E-state index is -1.40. The van der Waals surface area contributed by atoms with Crippen molar-refractivity contribution < 1.29 is 33.4 Å². The van der Waals surface area contributed by atoms with Crippen molar-refractivity contribution in [1.29, 1.82) is 5.26 Å². The normalized spacial score (nSPS) is 15.6. The van der Waals surface area contributed by atoms with Gasteiger partial charge in [-0.1, -0.05) is 57.2 Å². The van der Waals surface area contributed by atoms with Crippen molar-refractivity contribution in [3.05, 3.63) is 94.8 Å². The summed E-state index contributed by atoms with van der Waals surface area (Å²) in [6, 6.07) is 14.3. The molecule has 10 N–H and O–H groups in total. The lowest BCUT2D eigenvalue weighted by Gasteiger charge is -2.32. The summed E-state index contributed by atoms with van der Waals surface area (Å²) in [4.78, 5) is 80.5. The molecule has 0 saturated heterocycles. The van der Waals surface area contributed by atoms with Gasteiger partial charge in [0.15, 0.2) is 5.82 Å². The number of rotatable bonds is 15. The van der Waals surface area contributed by atoms with Gasteiger partial charge in [-0.3, -0.25) is 24.0 Å². The van der Waals surface area contributed by atoms with Crippen LogP contribution in [-0.2, 0) is 24.6 Å². The molecule has 1 aliphatic heterocycles. The first-order valence-electron chi connectivity index (χ1n) is 20.9. The van der Waals surface area contributed by atoms with E-state index in [1.54, 1.807) is 43.3 Å². The average molecular weight is 1020 g/mol. The van der Waals surface area contributed by atoms with Crippen molar-refractivity contribution in [3.63, 3.8) is 0 Å². The molecule has 0 spiro atoms. The molecule has 370 valence electrons. The summed E-state index contributed by atoms with van der Waals surface area (Å²) in [7, 11) is 1.41. The summed E-state index contributed by atoms with van der Waals surface area (Å²) in [5.41, 5.74) is 21.4. The second-order valence-corrected chi connectivity index (χ2v) is 16.3. The van der Waals surface area contributed by atoms with Gasteiger partial charge in [0.05, 0.1) is 17.3 Å². The third kappa shape index (κ3) is 14.6. The molecule has 3 aromatic carbocycles. The van der Waals surface area contributed by atoms with Crippen LogP contribution in [0, 0.1) is 18.3 Å². The molecular weight excluding hydrogens is 960 g/mol. The van der Waals surface area contributed by atoms with E-state index in [4.69, 9.17) is 26.7 Å². The summed E-state index contributed by atoms with van der Waals surface area (Å²) in [6.07, 6.45) is 1.41. The molecule has 1 aromatic heterocycles. The zero-order valence-corrected chi connectivity index (χ0v) is 41.9. The highest BCUT2D eigenvalue weighted by Gasteiger charge is 2.36. The number of fused-ring (bicyclic) bond motifs is 5. The van der Waals surface area contributed by atoms with Crippen LogP contribution in [0.5, 0.6) is 11.5 Å². The zero-order valence-electron chi connectivity index (χ0n) is 38.6. The van der Waals surface area contributed by atoms with Crippen molar-refractivity contribution >= 4 is 79.2 Å². The van der Waals surface area contributed by atoms with Crippen LogP contribution in [-0.4, -0.2) is 103 Å². The predicted molar refractivity (Wildman–Crippen MR) is 268 cm³/mol. The Morgan fingerprint density at radius 1 is 0.853 bits per heavy atom. The summed E-state index contributed by atoms with van der Waals surface area (Å²) in [5.74, 6) is -2.38. The first-order valence-corrected chi connectivity index (χ1v) is 20.9. The van der Waals surface area contributed by atoms with E-state index in [-0.39, 0.29) is 106 Å². The summed E-state index contributed by atoms with van der Waals surface area (Å²) < 4.78 is 12.1. The number of nitriles is 1. The van der Waals surface area contributed by atoms with E-state index in [0.717, 1.165) is 11.1 Å². The average Bonchev–Trinajstić information content (AvgIpc) is 3.27. The Bertz CT molecular complexity index is 2420. The number of aromatic nitrogens is 2. The maximum Gasteiger partial charge on any atom is 0.255 e. The smallest absolute Gasteiger partial charge is 0.255 e. The number of carbonyl (C=O) groups is 5. The number of amides is 5. The maximum absolute atomic E-state index is 14.6. The SMILES string of the molecule is Cc1nc(-c2ccc(C(C)(C)C)cc2)ncc1C(=O)N[C@@H](CCN)C(=O)N(C)[C@@H]1C(=O)N[C@@H](C)C(=O)N[C@H](C(=O)NCC#N)c2ccc(OCCN)c(c2)-c2cc1ccc2OCCN.Cl.Cl.Cl.Cl. The van der Waals surface area contributed by atoms with Gasteiger partial charge in [-0.2, -0.15) is 5.26 Å². The van der Waals surface area contributed by atoms with Crippen molar-refractivity contribution in [1.82, 2.24) is 36.1 Å². The van der Waals surface area contributed by atoms with Crippen LogP contribution in [0.1, 0.15) is 78.9 Å². The van der Waals surface area contributed by atoms with Gasteiger partial charge in [0.25, 0.3) is 5.91 Å². The standard InChI is InChI=1S/C46H57N11O7.4ClH/c1-26-34(25-52-40(53-26)28-7-11-31(12-8-28)46(3,4)5)42(59)55-35(15-16-47)45(62)57(6)39-30-10-14-37(64-22-19-50)33(24-30)32-23-29(9-13-36(32)63-21-18-49)38(43(60)51-20-17-48)56-41(58)27(2)54-44(39)61;;;;/h7-14,23-25,27,35,38-39H,15-16,18-22,47,49-50H2,1-6H3,(H,51,60)(H,54,61)(H,55,59)(H,56,58);4*1H/t27-,35-,38-,39-;;;;/m0..../s1. The number of aryl methyl sites for hydroxylation is 1. The highest BCUT2D eigenvalue weighted by atomic mass is 35.5. The molecule has 4 bridgehead atoms. The van der Waals surface area contributed by atoms with Crippen LogP contribution >= 0.6 is 49.6 Å². The Kier molecular flexibility index (Phi) is 24.2. The highest BCUT2D eigenvalue weighted by Crippen LogP contribution is 2.41. The minimum absolute atomic E-state index is 0. The first-order chi connectivity index (χ1) is 30.5. The third-order valence-electron chi connectivity index (χ3n) is 10.6. The van der Waals surface area contributed by atoms with Gasteiger partial charge in [-0.05, 0) is 73.2 Å². The van der Waals surface area contributed by atoms with Gasteiger partial charge < -0.3 is 52.8 Å². The van der Waals surface area contributed by atoms with E-state index in [1.165, 1.54) is 25.1 Å². The number of benzene rings is 3. The number of hydrogen-bond acceptors (Lipinski definition) is 13. The highest BCUT2D eigenvalue weighted by molar-refractivity contribution is 6.00. The molecule has 4 atom stereocenters. The molecule has 0 aliphatic carbocycles. The molecule has 22 heteroatoms. The molecule has 1 aliphatic rings. The lowest BCUT2D eigenvalue weighted by molar-refractivity contribution is -0.141. The van der Waals surface area contributed by atoms with Gasteiger partial charge >= 0.3 is 0 Å². The predicted octanol–water partition coefficient (Wildman–Crippen LogP) is 3.74. The molecule has 4 aromatic rings. The number of hydrogen-bond donors (Lipinski definition) is 7. The number of ether oxygens (including phenoxy) is 2. The molecule has 5 rings (SSSR count). The minimum Gasteiger partial charge on any atom is -0.492 e. The molecule has 18 nitrogen and oxygen atoms in total. The molecule has 0 saturated carbocycles. The summed E-state index contributed by atoms with van der Waals surface area (Å²) >= 11 is 0. The topological polar surface area (TPSA) is 283 Å². The Labute approximate surface area is 421 Å². The van der Waals surface area contributed by atoms with Crippen LogP contribution < -0.4 is 47.9 Å². The first kappa shape index (κ1) is 60.2. The summed E-state index contributed by atoms with van der Waals surface area (Å²) in [6.45, 7) is 9.69. The molecule has 0 unspecified atom stereocenters. The van der Waals surface area contributed by atoms with Crippen molar-refractivity contribution in [2.75, 3.05) is 46.4 Å². The van der Waals surface area contributed by atoms with Gasteiger partial charge in [0.1, 0.15) is 55.4 Å². The van der Waals surface area contributed by atoms with Crippen LogP contribution in [0.25, 0.3) is 22.5 Å². The fraction of sp³-hybridized carbons (Fsp3) is 0.391. The quantitative estimate of drug-likeness (QED) is 0.0837. The number of carbonyl (C=O) groups excluding carboxylic acids is 5. The number of nitrogens with two attached hydrogens (primary N) is 3. The van der Waals surface area contributed by atoms with Gasteiger partial charge in [-0.25, -0.2) is 9.97 Å². The lowest BCUT2D eigenvalue weighted by Crippen LogP contribution is -2.54. The zero-order chi connectivity index (χ0) is 46.7. The molecule has 0 radical (unpaired) electrons. The summed E-state index contributed by atoms with van der Waals surface area (Å²) in [5, 5.41) is 19.9. The Morgan fingerprint density at radius 2 is 1.43 bits per heavy atom. The van der Waals surface area contributed by atoms with E-state index < -0.39 is 53.7 Å². The van der Waals surface area contributed by atoms with E-state index in [0.29, 0.717) is 45.3 Å². The van der Waals surface area contributed by atoms with Crippen LogP contribution in [0.3, 0.4) is 0 Å². The fourth-order valence-electron chi connectivity index (χ4n) is 7.14. The van der Waals surface area contributed by atoms with Gasteiger partial charge in [0.2, 0.25) is 23.6 Å². The Morgan fingerprint density at radius 3 is 1.96 bits per heavy atom. The molecule has 5 amide bonds. The van der Waals surface area contributed by atoms with E-state index >= 15 is 0 Å². The van der Waals surface area contributed by atoms with Crippen LogP contribution in [0.15, 0.2) is 66.9 Å². The number of halogens is 4. The third-order valence-corrected chi connectivity index (χ3v) is 10.6. The van der Waals surface area contributed by atoms with Crippen LogP contribution in [0.4, 0.5) is 0 Å². The second kappa shape index (κ2) is 27.3. The van der Waals surface area contributed by atoms with Crippen molar-refractivity contribution in [2.24, 2.45) is 17.2 Å². The van der Waals surface area contributed by atoms with E-state index in [9.17, 15) is 29.2 Å². The van der Waals surface area contributed by atoms with Gasteiger partial charge in [-0.15, -0.1) is 49.6 Å². The molecular formula is C46H61Cl4N11O7. The molecule has 2 heterocycles. The second-order valence-electron chi connectivity index (χ2n) is 16.3. The number of nitrogens with one attached hydrogen (secondary N) is 4. The molecule has 0 fully saturated rings. The Balaban J connectivity index is 0.00000578. The largest absolute Gasteiger partial charge is 0.492 e. The fourth-order valence-corrected chi connectivity index (χ4v) is 7.14. The maximum atomic E-state index is 14.6. The van der Waals surface area contributed by atoms with E-state index in [1.807, 2.05) is 30.3 Å². The van der Waals surface area contributed by atoms with Crippen LogP contribution in [0.2, 0.25) is 0 Å². The molecule has 68 heavy (non-hydrogen) atoms. The van der Waals surface area contributed by atoms with Crippen molar-refractivity contribution in [3.8, 4) is 40.1 Å².